The van der Waals surface area contributed by atoms with Gasteiger partial charge in [0.05, 0.1) is 30.4 Å². The van der Waals surface area contributed by atoms with Gasteiger partial charge in [-0.15, -0.1) is 0 Å². The van der Waals surface area contributed by atoms with Crippen molar-refractivity contribution in [3.8, 4) is 11.6 Å². The number of carbonyl (C=O) groups is 2. The summed E-state index contributed by atoms with van der Waals surface area (Å²) in [5, 5.41) is 37.0. The van der Waals surface area contributed by atoms with Crippen LogP contribution in [0.15, 0.2) is 48.9 Å². The summed E-state index contributed by atoms with van der Waals surface area (Å²) >= 11 is 0. The Morgan fingerprint density at radius 3 is 2.33 bits per heavy atom. The summed E-state index contributed by atoms with van der Waals surface area (Å²) in [5.41, 5.74) is 1.88. The van der Waals surface area contributed by atoms with Crippen LogP contribution in [0.1, 0.15) is 52.9 Å². The van der Waals surface area contributed by atoms with E-state index in [4.69, 9.17) is 25.2 Å². The zero-order valence-electron chi connectivity index (χ0n) is 24.0. The molecular formula is C29H29F3N6O7. The van der Waals surface area contributed by atoms with Crippen LogP contribution in [0.3, 0.4) is 0 Å². The molecule has 1 aliphatic heterocycles. The molecule has 0 saturated carbocycles. The lowest BCUT2D eigenvalue weighted by Gasteiger charge is -2.25. The van der Waals surface area contributed by atoms with Gasteiger partial charge >= 0.3 is 18.1 Å². The van der Waals surface area contributed by atoms with Gasteiger partial charge in [0.15, 0.2) is 18.0 Å². The van der Waals surface area contributed by atoms with E-state index in [0.717, 1.165) is 23.9 Å². The van der Waals surface area contributed by atoms with Crippen molar-refractivity contribution in [3.63, 3.8) is 0 Å². The van der Waals surface area contributed by atoms with E-state index >= 15 is 0 Å². The zero-order valence-corrected chi connectivity index (χ0v) is 24.0. The Bertz CT molecular complexity index is 1680. The molecule has 0 aliphatic carbocycles. The zero-order chi connectivity index (χ0) is 32.9. The van der Waals surface area contributed by atoms with Gasteiger partial charge in [-0.25, -0.2) is 29.2 Å². The molecule has 4 heterocycles. The summed E-state index contributed by atoms with van der Waals surface area (Å²) in [6.07, 6.45) is -0.609. The minimum atomic E-state index is -4.42. The smallest absolute Gasteiger partial charge is 0.416 e. The Labute approximate surface area is 253 Å². The molecule has 0 spiro atoms. The number of halogens is 3. The summed E-state index contributed by atoms with van der Waals surface area (Å²) in [6, 6.07) is 9.42. The molecule has 0 amide bonds. The first kappa shape index (κ1) is 32.8. The molecule has 16 heteroatoms. The Morgan fingerprint density at radius 2 is 1.73 bits per heavy atom. The number of benzene rings is 1. The fourth-order valence-electron chi connectivity index (χ4n) is 4.66. The predicted octanol–water partition coefficient (Wildman–Crippen LogP) is 3.17. The van der Waals surface area contributed by atoms with E-state index in [1.54, 1.807) is 36.3 Å². The molecule has 1 aromatic carbocycles. The van der Waals surface area contributed by atoms with Crippen LogP contribution in [0.2, 0.25) is 0 Å². The third kappa shape index (κ3) is 7.71. The number of pyridine rings is 1. The first-order valence-corrected chi connectivity index (χ1v) is 13.5. The third-order valence-electron chi connectivity index (χ3n) is 6.79. The average Bonchev–Trinajstić information content (AvgIpc) is 3.64. The van der Waals surface area contributed by atoms with Gasteiger partial charge in [0.1, 0.15) is 11.5 Å². The second-order valence-electron chi connectivity index (χ2n) is 9.92. The first-order valence-electron chi connectivity index (χ1n) is 13.5. The van der Waals surface area contributed by atoms with Crippen molar-refractivity contribution >= 4 is 24.1 Å². The Hall–Kier alpha value is -5.09. The van der Waals surface area contributed by atoms with Crippen molar-refractivity contribution in [1.29, 1.82) is 0 Å². The molecule has 3 atom stereocenters. The number of hydrogen-bond acceptors (Lipinski definition) is 9. The number of carboxylic acid groups (broad SMARTS) is 2. The molecule has 4 N–H and O–H groups in total. The van der Waals surface area contributed by atoms with Crippen molar-refractivity contribution < 1.29 is 47.9 Å². The molecule has 5 rings (SSSR count). The highest BCUT2D eigenvalue weighted by molar-refractivity contribution is 5.83. The van der Waals surface area contributed by atoms with E-state index in [2.05, 4.69) is 20.1 Å². The number of aryl methyl sites for hydroxylation is 2. The van der Waals surface area contributed by atoms with E-state index in [1.807, 2.05) is 29.8 Å². The topological polar surface area (TPSA) is 186 Å². The van der Waals surface area contributed by atoms with Gasteiger partial charge in [-0.2, -0.15) is 18.3 Å². The third-order valence-corrected chi connectivity index (χ3v) is 6.79. The largest absolute Gasteiger partial charge is 0.479 e. The molecule has 1 aliphatic rings. The van der Waals surface area contributed by atoms with Crippen LogP contribution < -0.4 is 4.74 Å². The summed E-state index contributed by atoms with van der Waals surface area (Å²) < 4.78 is 49.8. The number of ether oxygens (including phenoxy) is 1. The van der Waals surface area contributed by atoms with Crippen LogP contribution >= 0.6 is 0 Å². The van der Waals surface area contributed by atoms with Crippen molar-refractivity contribution in [3.05, 3.63) is 83.1 Å². The van der Waals surface area contributed by atoms with Gasteiger partial charge in [-0.05, 0) is 55.7 Å². The summed E-state index contributed by atoms with van der Waals surface area (Å²) in [7, 11) is 1.55. The number of aliphatic hydroxyl groups is 2. The monoisotopic (exact) mass is 630 g/mol. The lowest BCUT2D eigenvalue weighted by molar-refractivity contribution is -0.165. The maximum Gasteiger partial charge on any atom is 0.416 e. The number of hydrogen-bond donors (Lipinski definition) is 4. The number of fused-ring (bicyclic) bond motifs is 1. The molecule has 0 fully saturated rings. The fourth-order valence-corrected chi connectivity index (χ4v) is 4.66. The van der Waals surface area contributed by atoms with Crippen LogP contribution in [-0.4, -0.2) is 81.0 Å². The van der Waals surface area contributed by atoms with Gasteiger partial charge in [-0.3, -0.25) is 0 Å². The van der Waals surface area contributed by atoms with Crippen molar-refractivity contribution in [2.45, 2.75) is 50.6 Å². The first-order chi connectivity index (χ1) is 21.3. The van der Waals surface area contributed by atoms with Gasteiger partial charge in [0.2, 0.25) is 5.88 Å². The maximum atomic E-state index is 13.6. The van der Waals surface area contributed by atoms with Gasteiger partial charge in [-0.1, -0.05) is 18.2 Å². The van der Waals surface area contributed by atoms with Crippen LogP contribution in [0, 0.1) is 6.92 Å². The van der Waals surface area contributed by atoms with Gasteiger partial charge < -0.3 is 29.7 Å². The Balaban J connectivity index is 0.000000399. The van der Waals surface area contributed by atoms with Crippen LogP contribution in [-0.2, 0) is 22.3 Å². The van der Waals surface area contributed by atoms with E-state index in [0.29, 0.717) is 36.2 Å². The molecular weight excluding hydrogens is 601 g/mol. The van der Waals surface area contributed by atoms with E-state index in [-0.39, 0.29) is 5.56 Å². The summed E-state index contributed by atoms with van der Waals surface area (Å²) in [5.74, 6) is -2.60. The number of rotatable bonds is 8. The van der Waals surface area contributed by atoms with Crippen molar-refractivity contribution in [1.82, 2.24) is 29.3 Å². The number of aromatic nitrogens is 6. The molecule has 0 unspecified atom stereocenters. The van der Waals surface area contributed by atoms with Crippen molar-refractivity contribution in [2.75, 3.05) is 7.11 Å². The SMILES string of the molecule is COc1nc(/C=C/c2nc3n(n2)CCC[C@H]3c2ccccc2C(F)(F)F)ccc1-n1cnc(C)c1.O=C(O)[C@@H](O)[C@H](O)C(=O)O. The molecule has 238 valence electrons. The Kier molecular flexibility index (Phi) is 9.98. The molecule has 13 nitrogen and oxygen atoms in total. The molecule has 0 saturated heterocycles. The highest BCUT2D eigenvalue weighted by Crippen LogP contribution is 2.40. The number of nitrogens with zero attached hydrogens (tertiary/aromatic N) is 6. The minimum absolute atomic E-state index is 0.237. The normalized spacial score (nSPS) is 15.9. The maximum absolute atomic E-state index is 13.6. The predicted molar refractivity (Wildman–Crippen MR) is 151 cm³/mol. The fraction of sp³-hybridized carbons (Fsp3) is 0.310. The van der Waals surface area contributed by atoms with E-state index < -0.39 is 41.8 Å². The minimum Gasteiger partial charge on any atom is -0.479 e. The number of aliphatic carboxylic acids is 2. The highest BCUT2D eigenvalue weighted by Gasteiger charge is 2.37. The molecule has 0 bridgehead atoms. The van der Waals surface area contributed by atoms with E-state index in [1.165, 1.54) is 12.1 Å². The number of carboxylic acids is 2. The van der Waals surface area contributed by atoms with Crippen molar-refractivity contribution in [2.24, 2.45) is 0 Å². The second-order valence-corrected chi connectivity index (χ2v) is 9.92. The van der Waals surface area contributed by atoms with Crippen LogP contribution in [0.25, 0.3) is 17.8 Å². The highest BCUT2D eigenvalue weighted by atomic mass is 19.4. The molecule has 4 aromatic rings. The standard InChI is InChI=1S/C25H23F3N6O.C4H6O6/c1-16-14-33(15-29-16)21-11-9-17(30-24(21)35-2)10-12-22-31-23-19(7-5-13-34(23)32-22)18-6-3-4-8-20(18)25(26,27)28;5-1(3(7)8)2(6)4(9)10/h3-4,6,8-12,14-15,19H,5,7,13H2,1-2H3;1-2,5-6H,(H,7,8)(H,9,10)/b12-10+;/t19-;1-,2-/m00/s1. The molecule has 45 heavy (non-hydrogen) atoms. The number of imidazole rings is 1. The van der Waals surface area contributed by atoms with Crippen LogP contribution in [0.5, 0.6) is 5.88 Å². The quantitative estimate of drug-likeness (QED) is 0.224. The molecule has 3 aromatic heterocycles. The average molecular weight is 631 g/mol. The van der Waals surface area contributed by atoms with Crippen LogP contribution in [0.4, 0.5) is 13.2 Å². The number of aliphatic hydroxyl groups excluding tert-OH is 2. The van der Waals surface area contributed by atoms with Gasteiger partial charge in [0, 0.05) is 18.7 Å². The van der Waals surface area contributed by atoms with Gasteiger partial charge in [0.25, 0.3) is 0 Å². The lowest BCUT2D eigenvalue weighted by atomic mass is 9.88. The Morgan fingerprint density at radius 1 is 1.04 bits per heavy atom. The van der Waals surface area contributed by atoms with E-state index in [9.17, 15) is 22.8 Å². The second kappa shape index (κ2) is 13.7. The number of alkyl halides is 3. The summed E-state index contributed by atoms with van der Waals surface area (Å²) in [6.45, 7) is 2.52. The number of methoxy groups -OCH3 is 1. The molecule has 0 radical (unpaired) electrons. The summed E-state index contributed by atoms with van der Waals surface area (Å²) in [4.78, 5) is 32.9. The lowest BCUT2D eigenvalue weighted by Crippen LogP contribution is -2.39.